The zero-order chi connectivity index (χ0) is 13.4. The van der Waals surface area contributed by atoms with Gasteiger partial charge in [0.2, 0.25) is 0 Å². The zero-order valence-corrected chi connectivity index (χ0v) is 11.5. The first-order valence-corrected chi connectivity index (χ1v) is 6.37. The van der Waals surface area contributed by atoms with E-state index in [1.54, 1.807) is 14.2 Å². The number of rotatable bonds is 8. The van der Waals surface area contributed by atoms with Gasteiger partial charge in [-0.1, -0.05) is 19.1 Å². The van der Waals surface area contributed by atoms with Crippen molar-refractivity contribution in [1.82, 2.24) is 5.43 Å². The Labute approximate surface area is 109 Å². The summed E-state index contributed by atoms with van der Waals surface area (Å²) >= 11 is 0. The molecule has 0 aromatic heterocycles. The first-order chi connectivity index (χ1) is 8.74. The third-order valence-electron chi connectivity index (χ3n) is 3.27. The van der Waals surface area contributed by atoms with Crippen LogP contribution in [0, 0.1) is 0 Å². The maximum atomic E-state index is 5.58. The molecular weight excluding hydrogens is 228 g/mol. The highest BCUT2D eigenvalue weighted by molar-refractivity contribution is 5.27. The predicted molar refractivity (Wildman–Crippen MR) is 73.5 cm³/mol. The lowest BCUT2D eigenvalue weighted by Gasteiger charge is -2.24. The number of hydrogen-bond donors (Lipinski definition) is 2. The van der Waals surface area contributed by atoms with E-state index in [2.05, 4.69) is 24.5 Å². The van der Waals surface area contributed by atoms with Crippen LogP contribution >= 0.6 is 0 Å². The predicted octanol–water partition coefficient (Wildman–Crippen LogP) is 1.88. The molecule has 0 saturated heterocycles. The molecular formula is C14H24N2O2. The Bertz CT molecular complexity index is 323. The standard InChI is InChI=1S/C14H24N2O2/c1-4-14(18-3)13(16-15)10-7-11-5-8-12(17-2)9-6-11/h5-6,8-9,13-14,16H,4,7,10,15H2,1-3H3. The topological polar surface area (TPSA) is 56.5 Å². The molecule has 0 aliphatic heterocycles. The second-order valence-electron chi connectivity index (χ2n) is 4.34. The molecule has 1 aromatic rings. The van der Waals surface area contributed by atoms with Gasteiger partial charge in [0, 0.05) is 13.2 Å². The van der Waals surface area contributed by atoms with E-state index in [0.717, 1.165) is 25.0 Å². The molecule has 0 spiro atoms. The van der Waals surface area contributed by atoms with Gasteiger partial charge < -0.3 is 9.47 Å². The lowest BCUT2D eigenvalue weighted by molar-refractivity contribution is 0.0626. The van der Waals surface area contributed by atoms with Crippen LogP contribution in [0.25, 0.3) is 0 Å². The minimum Gasteiger partial charge on any atom is -0.497 e. The maximum absolute atomic E-state index is 5.58. The van der Waals surface area contributed by atoms with Crippen molar-refractivity contribution >= 4 is 0 Å². The van der Waals surface area contributed by atoms with E-state index < -0.39 is 0 Å². The van der Waals surface area contributed by atoms with Gasteiger partial charge in [0.05, 0.1) is 13.2 Å². The smallest absolute Gasteiger partial charge is 0.118 e. The van der Waals surface area contributed by atoms with Crippen molar-refractivity contribution in [3.63, 3.8) is 0 Å². The van der Waals surface area contributed by atoms with Crippen molar-refractivity contribution in [1.29, 1.82) is 0 Å². The summed E-state index contributed by atoms with van der Waals surface area (Å²) in [4.78, 5) is 0. The summed E-state index contributed by atoms with van der Waals surface area (Å²) in [6, 6.07) is 8.31. The van der Waals surface area contributed by atoms with Crippen LogP contribution in [0.1, 0.15) is 25.3 Å². The lowest BCUT2D eigenvalue weighted by atomic mass is 10.00. The fraction of sp³-hybridized carbons (Fsp3) is 0.571. The van der Waals surface area contributed by atoms with Gasteiger partial charge in [-0.05, 0) is 37.0 Å². The van der Waals surface area contributed by atoms with Crippen molar-refractivity contribution in [3.05, 3.63) is 29.8 Å². The molecule has 4 heteroatoms. The first kappa shape index (κ1) is 15.0. The fourth-order valence-electron chi connectivity index (χ4n) is 2.11. The molecule has 1 rings (SSSR count). The molecule has 4 nitrogen and oxygen atoms in total. The van der Waals surface area contributed by atoms with Crippen molar-refractivity contribution in [2.24, 2.45) is 5.84 Å². The van der Waals surface area contributed by atoms with E-state index >= 15 is 0 Å². The summed E-state index contributed by atoms with van der Waals surface area (Å²) in [6.07, 6.45) is 3.04. The molecule has 18 heavy (non-hydrogen) atoms. The Morgan fingerprint density at radius 2 is 1.89 bits per heavy atom. The Balaban J connectivity index is 2.51. The van der Waals surface area contributed by atoms with Crippen molar-refractivity contribution in [2.45, 2.75) is 38.3 Å². The number of benzene rings is 1. The molecule has 3 N–H and O–H groups in total. The number of aryl methyl sites for hydroxylation is 1. The van der Waals surface area contributed by atoms with E-state index in [9.17, 15) is 0 Å². The number of hydrogen-bond acceptors (Lipinski definition) is 4. The Morgan fingerprint density at radius 1 is 1.22 bits per heavy atom. The van der Waals surface area contributed by atoms with E-state index in [1.807, 2.05) is 12.1 Å². The van der Waals surface area contributed by atoms with Crippen LogP contribution in [0.15, 0.2) is 24.3 Å². The normalized spacial score (nSPS) is 14.2. The molecule has 0 aliphatic rings. The van der Waals surface area contributed by atoms with Gasteiger partial charge in [0.15, 0.2) is 0 Å². The highest BCUT2D eigenvalue weighted by Crippen LogP contribution is 2.15. The minimum atomic E-state index is 0.160. The van der Waals surface area contributed by atoms with Crippen LogP contribution in [0.4, 0.5) is 0 Å². The quantitative estimate of drug-likeness (QED) is 0.548. The molecule has 0 amide bonds. The fourth-order valence-corrected chi connectivity index (χ4v) is 2.11. The number of nitrogens with one attached hydrogen (secondary N) is 1. The summed E-state index contributed by atoms with van der Waals surface area (Å²) in [5.74, 6) is 6.47. The molecule has 102 valence electrons. The van der Waals surface area contributed by atoms with Crippen molar-refractivity contribution in [3.8, 4) is 5.75 Å². The molecule has 0 saturated carbocycles. The Morgan fingerprint density at radius 3 is 2.33 bits per heavy atom. The summed E-state index contributed by atoms with van der Waals surface area (Å²) in [6.45, 7) is 2.10. The van der Waals surface area contributed by atoms with Crippen LogP contribution in [0.2, 0.25) is 0 Å². The van der Waals surface area contributed by atoms with Crippen LogP contribution in [0.3, 0.4) is 0 Å². The molecule has 2 atom stereocenters. The van der Waals surface area contributed by atoms with Crippen LogP contribution in [-0.2, 0) is 11.2 Å². The third kappa shape index (κ3) is 4.29. The van der Waals surface area contributed by atoms with E-state index in [0.29, 0.717) is 0 Å². The first-order valence-electron chi connectivity index (χ1n) is 6.37. The summed E-state index contributed by atoms with van der Waals surface area (Å²) in [7, 11) is 3.40. The molecule has 0 aliphatic carbocycles. The molecule has 0 fully saturated rings. The van der Waals surface area contributed by atoms with Gasteiger partial charge in [0.1, 0.15) is 5.75 Å². The zero-order valence-electron chi connectivity index (χ0n) is 11.5. The van der Waals surface area contributed by atoms with Gasteiger partial charge in [0.25, 0.3) is 0 Å². The highest BCUT2D eigenvalue weighted by atomic mass is 16.5. The largest absolute Gasteiger partial charge is 0.497 e. The van der Waals surface area contributed by atoms with Crippen LogP contribution in [-0.4, -0.2) is 26.4 Å². The highest BCUT2D eigenvalue weighted by Gasteiger charge is 2.17. The van der Waals surface area contributed by atoms with E-state index in [4.69, 9.17) is 15.3 Å². The second-order valence-corrected chi connectivity index (χ2v) is 4.34. The number of hydrazine groups is 1. The number of nitrogens with two attached hydrogens (primary N) is 1. The van der Waals surface area contributed by atoms with Crippen molar-refractivity contribution < 1.29 is 9.47 Å². The van der Waals surface area contributed by atoms with E-state index in [1.165, 1.54) is 5.56 Å². The Hall–Kier alpha value is -1.10. The molecule has 1 aromatic carbocycles. The molecule has 0 radical (unpaired) electrons. The molecule has 0 bridgehead atoms. The summed E-state index contributed by atoms with van der Waals surface area (Å²) < 4.78 is 10.6. The monoisotopic (exact) mass is 252 g/mol. The maximum Gasteiger partial charge on any atom is 0.118 e. The average molecular weight is 252 g/mol. The van der Waals surface area contributed by atoms with Crippen LogP contribution < -0.4 is 16.0 Å². The minimum absolute atomic E-state index is 0.160. The Kier molecular flexibility index (Phi) is 6.72. The number of methoxy groups -OCH3 is 2. The van der Waals surface area contributed by atoms with Gasteiger partial charge >= 0.3 is 0 Å². The van der Waals surface area contributed by atoms with Gasteiger partial charge in [-0.3, -0.25) is 11.3 Å². The van der Waals surface area contributed by atoms with E-state index in [-0.39, 0.29) is 12.1 Å². The second kappa shape index (κ2) is 8.08. The summed E-state index contributed by atoms with van der Waals surface area (Å²) in [5, 5.41) is 0. The number of ether oxygens (including phenoxy) is 2. The van der Waals surface area contributed by atoms with Crippen molar-refractivity contribution in [2.75, 3.05) is 14.2 Å². The molecule has 2 unspecified atom stereocenters. The van der Waals surface area contributed by atoms with Gasteiger partial charge in [-0.25, -0.2) is 0 Å². The van der Waals surface area contributed by atoms with Gasteiger partial charge in [-0.15, -0.1) is 0 Å². The molecule has 0 heterocycles. The van der Waals surface area contributed by atoms with Crippen LogP contribution in [0.5, 0.6) is 5.75 Å². The summed E-state index contributed by atoms with van der Waals surface area (Å²) in [5.41, 5.74) is 4.13. The third-order valence-corrected chi connectivity index (χ3v) is 3.27. The van der Waals surface area contributed by atoms with Gasteiger partial charge in [-0.2, -0.15) is 0 Å². The lowest BCUT2D eigenvalue weighted by Crippen LogP contribution is -2.44. The SMILES string of the molecule is CCC(OC)C(CCc1ccc(OC)cc1)NN. The average Bonchev–Trinajstić information content (AvgIpc) is 2.44.